The summed E-state index contributed by atoms with van der Waals surface area (Å²) in [4.78, 5) is 12.1. The van der Waals surface area contributed by atoms with Gasteiger partial charge in [-0.05, 0) is 31.7 Å². The maximum atomic E-state index is 12.1. The van der Waals surface area contributed by atoms with Crippen LogP contribution in [0.1, 0.15) is 43.6 Å². The first-order valence-electron chi connectivity index (χ1n) is 6.42. The van der Waals surface area contributed by atoms with E-state index in [9.17, 15) is 4.79 Å². The Morgan fingerprint density at radius 3 is 3.00 bits per heavy atom. The largest absolute Gasteiger partial charge is 0.397 e. The molecule has 1 aromatic heterocycles. The molecule has 0 saturated heterocycles. The molecule has 1 amide bonds. The Labute approximate surface area is 102 Å². The number of rotatable bonds is 5. The molecule has 2 atom stereocenters. The minimum absolute atomic E-state index is 0.00662. The number of carbonyl (C=O) groups excluding carboxylic acids is 1. The van der Waals surface area contributed by atoms with Crippen LogP contribution in [0.15, 0.2) is 12.3 Å². The number of carbonyl (C=O) groups is 1. The Hall–Kier alpha value is -1.45. The predicted molar refractivity (Wildman–Crippen MR) is 68.8 cm³/mol. The number of aryl methyl sites for hydroxylation is 1. The smallest absolute Gasteiger partial charge is 0.268 e. The number of aromatic nitrogens is 1. The summed E-state index contributed by atoms with van der Waals surface area (Å²) >= 11 is 0. The summed E-state index contributed by atoms with van der Waals surface area (Å²) in [7, 11) is 0. The molecule has 17 heavy (non-hydrogen) atoms. The molecule has 1 fully saturated rings. The average molecular weight is 235 g/mol. The van der Waals surface area contributed by atoms with Crippen LogP contribution >= 0.6 is 0 Å². The number of nitrogens with zero attached hydrogens (tertiary/aromatic N) is 1. The summed E-state index contributed by atoms with van der Waals surface area (Å²) in [6.07, 6.45) is 5.34. The summed E-state index contributed by atoms with van der Waals surface area (Å²) in [5.41, 5.74) is 7.04. The van der Waals surface area contributed by atoms with Crippen molar-refractivity contribution in [3.8, 4) is 0 Å². The molecule has 1 aliphatic carbocycles. The van der Waals surface area contributed by atoms with Gasteiger partial charge in [-0.15, -0.1) is 0 Å². The van der Waals surface area contributed by atoms with Crippen LogP contribution in [0.3, 0.4) is 0 Å². The highest BCUT2D eigenvalue weighted by molar-refractivity contribution is 5.94. The van der Waals surface area contributed by atoms with Gasteiger partial charge in [-0.25, -0.2) is 0 Å². The normalized spacial score (nSPS) is 22.5. The molecule has 0 radical (unpaired) electrons. The third kappa shape index (κ3) is 2.62. The highest BCUT2D eigenvalue weighted by atomic mass is 16.2. The zero-order chi connectivity index (χ0) is 12.4. The number of amides is 1. The lowest BCUT2D eigenvalue weighted by Crippen LogP contribution is -2.28. The van der Waals surface area contributed by atoms with Crippen LogP contribution < -0.4 is 11.1 Å². The lowest BCUT2D eigenvalue weighted by molar-refractivity contribution is 0.0939. The molecule has 0 aliphatic heterocycles. The molecule has 4 nitrogen and oxygen atoms in total. The van der Waals surface area contributed by atoms with Gasteiger partial charge in [0.05, 0.1) is 5.69 Å². The van der Waals surface area contributed by atoms with Gasteiger partial charge in [-0.3, -0.25) is 4.79 Å². The monoisotopic (exact) mass is 235 g/mol. The second kappa shape index (κ2) is 4.82. The van der Waals surface area contributed by atoms with Crippen LogP contribution in [-0.2, 0) is 6.54 Å². The van der Waals surface area contributed by atoms with Crippen LogP contribution in [0.2, 0.25) is 0 Å². The third-order valence-electron chi connectivity index (χ3n) is 3.39. The molecule has 1 aromatic rings. The maximum Gasteiger partial charge on any atom is 0.268 e. The van der Waals surface area contributed by atoms with Crippen molar-refractivity contribution in [2.45, 2.75) is 45.7 Å². The van der Waals surface area contributed by atoms with Crippen LogP contribution in [-0.4, -0.2) is 16.5 Å². The first-order chi connectivity index (χ1) is 8.15. The molecule has 1 saturated carbocycles. The van der Waals surface area contributed by atoms with Crippen LogP contribution in [0.5, 0.6) is 0 Å². The van der Waals surface area contributed by atoms with Crippen LogP contribution in [0, 0.1) is 5.92 Å². The fourth-order valence-corrected chi connectivity index (χ4v) is 2.34. The topological polar surface area (TPSA) is 60.1 Å². The van der Waals surface area contributed by atoms with Crippen molar-refractivity contribution in [2.75, 3.05) is 5.73 Å². The van der Waals surface area contributed by atoms with Crippen molar-refractivity contribution in [1.82, 2.24) is 9.88 Å². The first-order valence-corrected chi connectivity index (χ1v) is 6.42. The number of hydrogen-bond acceptors (Lipinski definition) is 2. The van der Waals surface area contributed by atoms with Crippen molar-refractivity contribution >= 4 is 11.6 Å². The molecule has 1 aliphatic rings. The van der Waals surface area contributed by atoms with E-state index in [1.54, 1.807) is 6.07 Å². The number of hydrogen-bond donors (Lipinski definition) is 2. The molecule has 94 valence electrons. The van der Waals surface area contributed by atoms with Gasteiger partial charge in [0.25, 0.3) is 5.91 Å². The third-order valence-corrected chi connectivity index (χ3v) is 3.39. The Morgan fingerprint density at radius 2 is 2.35 bits per heavy atom. The minimum atomic E-state index is 0.00662. The van der Waals surface area contributed by atoms with E-state index in [2.05, 4.69) is 12.2 Å². The second-order valence-corrected chi connectivity index (χ2v) is 4.81. The van der Waals surface area contributed by atoms with Crippen LogP contribution in [0.4, 0.5) is 5.69 Å². The predicted octanol–water partition coefficient (Wildman–Crippen LogP) is 2.01. The summed E-state index contributed by atoms with van der Waals surface area (Å²) in [5, 5.41) is 3.08. The van der Waals surface area contributed by atoms with E-state index in [0.717, 1.165) is 13.0 Å². The maximum absolute atomic E-state index is 12.1. The minimum Gasteiger partial charge on any atom is -0.397 e. The molecule has 2 rings (SSSR count). The quantitative estimate of drug-likeness (QED) is 0.820. The SMILES string of the molecule is CCCC1CC1NC(=O)c1cc(N)cn1CC. The lowest BCUT2D eigenvalue weighted by Gasteiger charge is -2.07. The van der Waals surface area contributed by atoms with Gasteiger partial charge < -0.3 is 15.6 Å². The van der Waals surface area contributed by atoms with Gasteiger partial charge in [-0.1, -0.05) is 13.3 Å². The van der Waals surface area contributed by atoms with E-state index in [4.69, 9.17) is 5.73 Å². The van der Waals surface area contributed by atoms with E-state index in [1.165, 1.54) is 12.8 Å². The first kappa shape index (κ1) is 12.0. The molecule has 0 bridgehead atoms. The summed E-state index contributed by atoms with van der Waals surface area (Å²) < 4.78 is 1.89. The zero-order valence-corrected chi connectivity index (χ0v) is 10.6. The molecular weight excluding hydrogens is 214 g/mol. The Morgan fingerprint density at radius 1 is 1.59 bits per heavy atom. The van der Waals surface area contributed by atoms with Crippen molar-refractivity contribution in [1.29, 1.82) is 0 Å². The van der Waals surface area contributed by atoms with Gasteiger partial charge in [0.15, 0.2) is 0 Å². The van der Waals surface area contributed by atoms with Gasteiger partial charge >= 0.3 is 0 Å². The van der Waals surface area contributed by atoms with Crippen LogP contribution in [0.25, 0.3) is 0 Å². The molecule has 0 spiro atoms. The van der Waals surface area contributed by atoms with E-state index in [1.807, 2.05) is 17.7 Å². The van der Waals surface area contributed by atoms with Gasteiger partial charge in [-0.2, -0.15) is 0 Å². The second-order valence-electron chi connectivity index (χ2n) is 4.81. The number of anilines is 1. The highest BCUT2D eigenvalue weighted by Crippen LogP contribution is 2.34. The summed E-state index contributed by atoms with van der Waals surface area (Å²) in [6, 6.07) is 2.12. The van der Waals surface area contributed by atoms with Crippen molar-refractivity contribution in [2.24, 2.45) is 5.92 Å². The summed E-state index contributed by atoms with van der Waals surface area (Å²) in [6.45, 7) is 4.95. The standard InChI is InChI=1S/C13H21N3O/c1-3-5-9-6-11(9)15-13(17)12-7-10(14)8-16(12)4-2/h7-9,11H,3-6,14H2,1-2H3,(H,15,17). The number of nitrogen functional groups attached to an aromatic ring is 1. The zero-order valence-electron chi connectivity index (χ0n) is 10.6. The average Bonchev–Trinajstić information content (AvgIpc) is 2.89. The Kier molecular flexibility index (Phi) is 3.41. The van der Waals surface area contributed by atoms with Gasteiger partial charge in [0.1, 0.15) is 5.69 Å². The molecule has 2 unspecified atom stereocenters. The molecule has 1 heterocycles. The summed E-state index contributed by atoms with van der Waals surface area (Å²) in [5.74, 6) is 0.693. The van der Waals surface area contributed by atoms with Gasteiger partial charge in [0.2, 0.25) is 0 Å². The van der Waals surface area contributed by atoms with Crippen molar-refractivity contribution < 1.29 is 4.79 Å². The molecule has 4 heteroatoms. The number of nitrogens with two attached hydrogens (primary N) is 1. The van der Waals surface area contributed by atoms with E-state index < -0.39 is 0 Å². The fraction of sp³-hybridized carbons (Fsp3) is 0.615. The Balaban J connectivity index is 1.96. The fourth-order valence-electron chi connectivity index (χ4n) is 2.34. The lowest BCUT2D eigenvalue weighted by atomic mass is 10.2. The van der Waals surface area contributed by atoms with E-state index in [0.29, 0.717) is 23.3 Å². The highest BCUT2D eigenvalue weighted by Gasteiger charge is 2.37. The number of nitrogens with one attached hydrogen (secondary N) is 1. The van der Waals surface area contributed by atoms with Crippen molar-refractivity contribution in [3.63, 3.8) is 0 Å². The van der Waals surface area contributed by atoms with E-state index in [-0.39, 0.29) is 5.91 Å². The van der Waals surface area contributed by atoms with E-state index >= 15 is 0 Å². The van der Waals surface area contributed by atoms with Crippen molar-refractivity contribution in [3.05, 3.63) is 18.0 Å². The molecule has 0 aromatic carbocycles. The van der Waals surface area contributed by atoms with Gasteiger partial charge in [0, 0.05) is 18.8 Å². The Bertz CT molecular complexity index is 411. The molecule has 3 N–H and O–H groups in total. The molecular formula is C13H21N3O.